The minimum absolute atomic E-state index is 0.293. The highest BCUT2D eigenvalue weighted by atomic mass is 35.5. The number of halogens is 1. The van der Waals surface area contributed by atoms with Crippen LogP contribution in [0.4, 0.5) is 0 Å². The molecule has 0 N–H and O–H groups in total. The van der Waals surface area contributed by atoms with Gasteiger partial charge in [0.05, 0.1) is 0 Å². The lowest BCUT2D eigenvalue weighted by Crippen LogP contribution is -1.76. The van der Waals surface area contributed by atoms with Gasteiger partial charge in [0.1, 0.15) is 0 Å². The summed E-state index contributed by atoms with van der Waals surface area (Å²) >= 11 is 5.71. The van der Waals surface area contributed by atoms with Crippen molar-refractivity contribution in [3.8, 4) is 11.3 Å². The predicted octanol–water partition coefficient (Wildman–Crippen LogP) is 2.39. The van der Waals surface area contributed by atoms with Crippen molar-refractivity contribution in [3.63, 3.8) is 0 Å². The second kappa shape index (κ2) is 2.95. The molecular weight excluding hydrogens is 176 g/mol. The van der Waals surface area contributed by atoms with Crippen LogP contribution in [0.5, 0.6) is 0 Å². The maximum absolute atomic E-state index is 5.71. The van der Waals surface area contributed by atoms with Gasteiger partial charge < -0.3 is 0 Å². The quantitative estimate of drug-likeness (QED) is 0.677. The second-order valence-electron chi connectivity index (χ2n) is 2.27. The third-order valence-corrected chi connectivity index (χ3v) is 1.74. The van der Waals surface area contributed by atoms with E-state index in [1.54, 1.807) is 0 Å². The zero-order valence-corrected chi connectivity index (χ0v) is 6.82. The summed E-state index contributed by atoms with van der Waals surface area (Å²) in [5, 5.41) is 7.43. The summed E-state index contributed by atoms with van der Waals surface area (Å²) in [6.45, 7) is 0. The molecular formula is C8H5ClN2O. The Labute approximate surface area is 73.9 Å². The van der Waals surface area contributed by atoms with Gasteiger partial charge in [-0.2, -0.15) is 0 Å². The van der Waals surface area contributed by atoms with E-state index in [1.807, 2.05) is 30.3 Å². The standard InChI is InChI=1S/C8H5ClN2O/c9-8-7(10-12-11-8)6-4-2-1-3-5-6/h1-5H. The molecule has 2 rings (SSSR count). The van der Waals surface area contributed by atoms with Crippen molar-refractivity contribution in [1.82, 2.24) is 10.3 Å². The molecule has 1 heterocycles. The number of nitrogens with zero attached hydrogens (tertiary/aromatic N) is 2. The molecule has 0 saturated carbocycles. The van der Waals surface area contributed by atoms with Crippen LogP contribution in [0, 0.1) is 0 Å². The SMILES string of the molecule is Clc1nonc1-c1ccccc1. The van der Waals surface area contributed by atoms with Crippen molar-refractivity contribution in [1.29, 1.82) is 0 Å². The Kier molecular flexibility index (Phi) is 1.80. The van der Waals surface area contributed by atoms with Crippen molar-refractivity contribution in [2.24, 2.45) is 0 Å². The number of hydrogen-bond donors (Lipinski definition) is 0. The largest absolute Gasteiger partial charge is 0.242 e. The highest BCUT2D eigenvalue weighted by Crippen LogP contribution is 2.22. The van der Waals surface area contributed by atoms with Crippen molar-refractivity contribution < 1.29 is 4.63 Å². The topological polar surface area (TPSA) is 38.9 Å². The first-order valence-electron chi connectivity index (χ1n) is 3.41. The lowest BCUT2D eigenvalue weighted by atomic mass is 10.2. The summed E-state index contributed by atoms with van der Waals surface area (Å²) in [5.74, 6) is 0. The fourth-order valence-electron chi connectivity index (χ4n) is 0.946. The first-order chi connectivity index (χ1) is 5.88. The summed E-state index contributed by atoms with van der Waals surface area (Å²) in [6, 6.07) is 9.52. The molecule has 0 radical (unpaired) electrons. The van der Waals surface area contributed by atoms with Crippen LogP contribution in [0.3, 0.4) is 0 Å². The smallest absolute Gasteiger partial charge is 0.201 e. The summed E-state index contributed by atoms with van der Waals surface area (Å²) in [6.07, 6.45) is 0. The number of benzene rings is 1. The normalized spacial score (nSPS) is 10.1. The number of rotatable bonds is 1. The Morgan fingerprint density at radius 2 is 1.83 bits per heavy atom. The van der Waals surface area contributed by atoms with Crippen molar-refractivity contribution in [2.45, 2.75) is 0 Å². The minimum atomic E-state index is 0.293. The van der Waals surface area contributed by atoms with Crippen LogP contribution in [0.25, 0.3) is 11.3 Å². The Bertz CT molecular complexity index is 372. The van der Waals surface area contributed by atoms with Gasteiger partial charge in [0.2, 0.25) is 5.15 Å². The maximum Gasteiger partial charge on any atom is 0.201 e. The van der Waals surface area contributed by atoms with E-state index in [0.29, 0.717) is 10.8 Å². The summed E-state index contributed by atoms with van der Waals surface area (Å²) in [4.78, 5) is 0. The third kappa shape index (κ3) is 1.19. The first kappa shape index (κ1) is 7.31. The van der Waals surface area contributed by atoms with E-state index in [9.17, 15) is 0 Å². The van der Waals surface area contributed by atoms with Gasteiger partial charge in [0.15, 0.2) is 5.69 Å². The van der Waals surface area contributed by atoms with Gasteiger partial charge in [-0.3, -0.25) is 0 Å². The molecule has 0 fully saturated rings. The molecule has 0 spiro atoms. The van der Waals surface area contributed by atoms with Gasteiger partial charge in [-0.1, -0.05) is 41.9 Å². The Balaban J connectivity index is 2.51. The molecule has 3 nitrogen and oxygen atoms in total. The lowest BCUT2D eigenvalue weighted by molar-refractivity contribution is 0.308. The summed E-state index contributed by atoms with van der Waals surface area (Å²) in [5.41, 5.74) is 1.49. The molecule has 0 amide bonds. The molecule has 60 valence electrons. The van der Waals surface area contributed by atoms with E-state index in [-0.39, 0.29) is 0 Å². The zero-order valence-electron chi connectivity index (χ0n) is 6.07. The zero-order chi connectivity index (χ0) is 8.39. The Morgan fingerprint density at radius 3 is 2.42 bits per heavy atom. The van der Waals surface area contributed by atoms with Gasteiger partial charge in [-0.05, 0) is 10.3 Å². The summed E-state index contributed by atoms with van der Waals surface area (Å²) < 4.78 is 4.47. The molecule has 0 aliphatic rings. The van der Waals surface area contributed by atoms with E-state index >= 15 is 0 Å². The monoisotopic (exact) mass is 180 g/mol. The molecule has 4 heteroatoms. The lowest BCUT2D eigenvalue weighted by Gasteiger charge is -1.91. The van der Waals surface area contributed by atoms with E-state index in [2.05, 4.69) is 14.9 Å². The second-order valence-corrected chi connectivity index (χ2v) is 2.63. The van der Waals surface area contributed by atoms with Gasteiger partial charge in [0, 0.05) is 5.56 Å². The number of aromatic nitrogens is 2. The first-order valence-corrected chi connectivity index (χ1v) is 3.79. The molecule has 0 aliphatic heterocycles. The Hall–Kier alpha value is -1.35. The van der Waals surface area contributed by atoms with Crippen LogP contribution in [0.15, 0.2) is 35.0 Å². The third-order valence-electron chi connectivity index (χ3n) is 1.50. The minimum Gasteiger partial charge on any atom is -0.242 e. The highest BCUT2D eigenvalue weighted by molar-refractivity contribution is 6.31. The van der Waals surface area contributed by atoms with E-state index in [0.717, 1.165) is 5.56 Å². The predicted molar refractivity (Wildman–Crippen MR) is 44.7 cm³/mol. The molecule has 1 aromatic heterocycles. The van der Waals surface area contributed by atoms with Crippen LogP contribution < -0.4 is 0 Å². The number of hydrogen-bond acceptors (Lipinski definition) is 3. The molecule has 1 aromatic carbocycles. The molecule has 2 aromatic rings. The summed E-state index contributed by atoms with van der Waals surface area (Å²) in [7, 11) is 0. The van der Waals surface area contributed by atoms with Gasteiger partial charge in [-0.15, -0.1) is 0 Å². The molecule has 0 unspecified atom stereocenters. The highest BCUT2D eigenvalue weighted by Gasteiger charge is 2.07. The van der Waals surface area contributed by atoms with Crippen molar-refractivity contribution in [3.05, 3.63) is 35.5 Å². The van der Waals surface area contributed by atoms with Crippen molar-refractivity contribution >= 4 is 11.6 Å². The average Bonchev–Trinajstić information content (AvgIpc) is 2.53. The average molecular weight is 181 g/mol. The molecule has 0 aliphatic carbocycles. The Morgan fingerprint density at radius 1 is 1.08 bits per heavy atom. The van der Waals surface area contributed by atoms with Gasteiger partial charge in [0.25, 0.3) is 0 Å². The van der Waals surface area contributed by atoms with Crippen LogP contribution in [-0.4, -0.2) is 10.3 Å². The molecule has 12 heavy (non-hydrogen) atoms. The fourth-order valence-corrected chi connectivity index (χ4v) is 1.12. The molecule has 0 atom stereocenters. The van der Waals surface area contributed by atoms with E-state index in [4.69, 9.17) is 11.6 Å². The van der Waals surface area contributed by atoms with Gasteiger partial charge >= 0.3 is 0 Å². The maximum atomic E-state index is 5.71. The van der Waals surface area contributed by atoms with Crippen molar-refractivity contribution in [2.75, 3.05) is 0 Å². The van der Waals surface area contributed by atoms with Crippen LogP contribution in [-0.2, 0) is 0 Å². The van der Waals surface area contributed by atoms with E-state index < -0.39 is 0 Å². The fraction of sp³-hybridized carbons (Fsp3) is 0. The van der Waals surface area contributed by atoms with E-state index in [1.165, 1.54) is 0 Å². The van der Waals surface area contributed by atoms with Crippen LogP contribution in [0.2, 0.25) is 5.15 Å². The van der Waals surface area contributed by atoms with Gasteiger partial charge in [-0.25, -0.2) is 4.63 Å². The van der Waals surface area contributed by atoms with Crippen LogP contribution in [0.1, 0.15) is 0 Å². The molecule has 0 saturated heterocycles. The molecule has 0 bridgehead atoms. The van der Waals surface area contributed by atoms with Crippen LogP contribution >= 0.6 is 11.6 Å².